The lowest BCUT2D eigenvalue weighted by atomic mass is 10.1. The number of hydrogen-bond donors (Lipinski definition) is 1. The van der Waals surface area contributed by atoms with Gasteiger partial charge in [0.15, 0.2) is 0 Å². The third kappa shape index (κ3) is 5.12. The van der Waals surface area contributed by atoms with E-state index < -0.39 is 0 Å². The Hall–Kier alpha value is -1.09. The molecule has 0 saturated carbocycles. The maximum atomic E-state index is 14.2. The van der Waals surface area contributed by atoms with Crippen molar-refractivity contribution in [2.45, 2.75) is 59.5 Å². The van der Waals surface area contributed by atoms with Crippen molar-refractivity contribution in [1.82, 2.24) is 5.32 Å². The van der Waals surface area contributed by atoms with Crippen LogP contribution in [0.5, 0.6) is 0 Å². The normalized spacial score (nSPS) is 11.7. The summed E-state index contributed by atoms with van der Waals surface area (Å²) in [6, 6.07) is 5.40. The highest BCUT2D eigenvalue weighted by molar-refractivity contribution is 5.54. The predicted molar refractivity (Wildman–Crippen MR) is 85.8 cm³/mol. The Balaban J connectivity index is 3.01. The van der Waals surface area contributed by atoms with E-state index in [1.807, 2.05) is 12.1 Å². The van der Waals surface area contributed by atoms with Crippen LogP contribution >= 0.6 is 0 Å². The highest BCUT2D eigenvalue weighted by Crippen LogP contribution is 2.24. The van der Waals surface area contributed by atoms with Gasteiger partial charge >= 0.3 is 0 Å². The van der Waals surface area contributed by atoms with Crippen molar-refractivity contribution < 1.29 is 4.39 Å². The van der Waals surface area contributed by atoms with Crippen LogP contribution in [0.15, 0.2) is 18.2 Å². The molecule has 0 heterocycles. The zero-order chi connectivity index (χ0) is 15.2. The Morgan fingerprint density at radius 1 is 1.10 bits per heavy atom. The molecule has 3 heteroatoms. The lowest BCUT2D eigenvalue weighted by molar-refractivity contribution is 0.418. The second kappa shape index (κ2) is 7.63. The van der Waals surface area contributed by atoms with Crippen LogP contribution in [0.3, 0.4) is 0 Å². The average Bonchev–Trinajstić information content (AvgIpc) is 2.36. The minimum absolute atomic E-state index is 0.0140. The first-order valence-electron chi connectivity index (χ1n) is 7.66. The number of hydrogen-bond acceptors (Lipinski definition) is 2. The number of rotatable bonds is 7. The van der Waals surface area contributed by atoms with Gasteiger partial charge in [-0.15, -0.1) is 0 Å². The third-order valence-corrected chi connectivity index (χ3v) is 3.22. The summed E-state index contributed by atoms with van der Waals surface area (Å²) in [6.07, 6.45) is 2.14. The molecule has 1 aromatic carbocycles. The largest absolute Gasteiger partial charge is 0.371 e. The van der Waals surface area contributed by atoms with Gasteiger partial charge < -0.3 is 10.2 Å². The molecule has 0 spiro atoms. The van der Waals surface area contributed by atoms with Gasteiger partial charge in [0.2, 0.25) is 0 Å². The molecule has 0 aliphatic carbocycles. The second-order valence-corrected chi connectivity index (χ2v) is 6.33. The van der Waals surface area contributed by atoms with E-state index >= 15 is 0 Å². The fourth-order valence-electron chi connectivity index (χ4n) is 2.26. The van der Waals surface area contributed by atoms with Gasteiger partial charge in [-0.2, -0.15) is 0 Å². The number of nitrogens with one attached hydrogen (secondary N) is 1. The molecular formula is C17H29FN2. The first-order chi connectivity index (χ1) is 9.39. The van der Waals surface area contributed by atoms with Crippen molar-refractivity contribution >= 4 is 5.69 Å². The van der Waals surface area contributed by atoms with Crippen LogP contribution in [0.2, 0.25) is 0 Å². The summed E-state index contributed by atoms with van der Waals surface area (Å²) in [7, 11) is 0. The Morgan fingerprint density at radius 2 is 1.70 bits per heavy atom. The van der Waals surface area contributed by atoms with E-state index in [-0.39, 0.29) is 11.4 Å². The van der Waals surface area contributed by atoms with Crippen LogP contribution in [0.25, 0.3) is 0 Å². The Kier molecular flexibility index (Phi) is 6.47. The molecule has 0 fully saturated rings. The van der Waals surface area contributed by atoms with Crippen molar-refractivity contribution in [3.63, 3.8) is 0 Å². The van der Waals surface area contributed by atoms with Crippen LogP contribution in [-0.4, -0.2) is 18.6 Å². The summed E-state index contributed by atoms with van der Waals surface area (Å²) < 4.78 is 14.2. The van der Waals surface area contributed by atoms with Crippen molar-refractivity contribution in [1.29, 1.82) is 0 Å². The third-order valence-electron chi connectivity index (χ3n) is 3.22. The highest BCUT2D eigenvalue weighted by Gasteiger charge is 2.16. The summed E-state index contributed by atoms with van der Waals surface area (Å²) in [5.41, 5.74) is 1.80. The van der Waals surface area contributed by atoms with Gasteiger partial charge in [-0.1, -0.05) is 19.9 Å². The molecule has 0 aliphatic heterocycles. The molecule has 0 saturated heterocycles. The molecule has 114 valence electrons. The molecular weight excluding hydrogens is 251 g/mol. The quantitative estimate of drug-likeness (QED) is 0.799. The van der Waals surface area contributed by atoms with E-state index in [1.54, 1.807) is 6.07 Å². The number of nitrogens with zero attached hydrogens (tertiary/aromatic N) is 1. The molecule has 0 aromatic heterocycles. The van der Waals surface area contributed by atoms with E-state index in [9.17, 15) is 4.39 Å². The molecule has 0 atom stereocenters. The zero-order valence-corrected chi connectivity index (χ0v) is 13.6. The standard InChI is InChI=1S/C17H29FN2/c1-6-11-20(12-7-2)16-10-8-9-15(18)14(16)13-19-17(3,4)5/h8-10,19H,6-7,11-13H2,1-5H3. The van der Waals surface area contributed by atoms with Gasteiger partial charge in [0.05, 0.1) is 0 Å². The molecule has 1 aromatic rings. The Labute approximate surface area is 123 Å². The minimum atomic E-state index is -0.114. The van der Waals surface area contributed by atoms with Crippen LogP contribution in [-0.2, 0) is 6.54 Å². The van der Waals surface area contributed by atoms with E-state index in [4.69, 9.17) is 0 Å². The minimum Gasteiger partial charge on any atom is -0.371 e. The van der Waals surface area contributed by atoms with E-state index in [2.05, 4.69) is 44.8 Å². The highest BCUT2D eigenvalue weighted by atomic mass is 19.1. The van der Waals surface area contributed by atoms with Crippen molar-refractivity contribution in [2.75, 3.05) is 18.0 Å². The van der Waals surface area contributed by atoms with Crippen LogP contribution in [0.4, 0.5) is 10.1 Å². The van der Waals surface area contributed by atoms with Gasteiger partial charge in [-0.05, 0) is 45.7 Å². The average molecular weight is 280 g/mol. The van der Waals surface area contributed by atoms with Crippen molar-refractivity contribution in [3.05, 3.63) is 29.6 Å². The molecule has 0 bridgehead atoms. The smallest absolute Gasteiger partial charge is 0.129 e. The molecule has 20 heavy (non-hydrogen) atoms. The van der Waals surface area contributed by atoms with Gasteiger partial charge in [-0.25, -0.2) is 4.39 Å². The molecule has 0 radical (unpaired) electrons. The number of anilines is 1. The summed E-state index contributed by atoms with van der Waals surface area (Å²) in [6.45, 7) is 13.1. The van der Waals surface area contributed by atoms with Gasteiger partial charge in [0, 0.05) is 36.4 Å². The monoisotopic (exact) mass is 280 g/mol. The SMILES string of the molecule is CCCN(CCC)c1cccc(F)c1CNC(C)(C)C. The van der Waals surface area contributed by atoms with Gasteiger partial charge in [0.1, 0.15) is 5.82 Å². The second-order valence-electron chi connectivity index (χ2n) is 6.33. The lowest BCUT2D eigenvalue weighted by Crippen LogP contribution is -2.36. The summed E-state index contributed by atoms with van der Waals surface area (Å²) >= 11 is 0. The summed E-state index contributed by atoms with van der Waals surface area (Å²) in [4.78, 5) is 2.29. The number of halogens is 1. The maximum Gasteiger partial charge on any atom is 0.129 e. The fraction of sp³-hybridized carbons (Fsp3) is 0.647. The fourth-order valence-corrected chi connectivity index (χ4v) is 2.26. The van der Waals surface area contributed by atoms with Crippen LogP contribution in [0, 0.1) is 5.82 Å². The predicted octanol–water partition coefficient (Wildman–Crippen LogP) is 4.34. The number of benzene rings is 1. The summed E-state index contributed by atoms with van der Waals surface area (Å²) in [5, 5.41) is 3.39. The zero-order valence-electron chi connectivity index (χ0n) is 13.6. The van der Waals surface area contributed by atoms with Crippen molar-refractivity contribution in [3.8, 4) is 0 Å². The first kappa shape index (κ1) is 17.0. The van der Waals surface area contributed by atoms with E-state index in [0.29, 0.717) is 6.54 Å². The van der Waals surface area contributed by atoms with Gasteiger partial charge in [0.25, 0.3) is 0 Å². The Bertz CT molecular complexity index is 404. The maximum absolute atomic E-state index is 14.2. The van der Waals surface area contributed by atoms with E-state index in [1.165, 1.54) is 0 Å². The van der Waals surface area contributed by atoms with Crippen molar-refractivity contribution in [2.24, 2.45) is 0 Å². The lowest BCUT2D eigenvalue weighted by Gasteiger charge is -2.28. The first-order valence-corrected chi connectivity index (χ1v) is 7.66. The molecule has 0 aliphatic rings. The molecule has 1 N–H and O–H groups in total. The summed E-state index contributed by atoms with van der Waals surface area (Å²) in [5.74, 6) is -0.114. The van der Waals surface area contributed by atoms with Crippen LogP contribution < -0.4 is 10.2 Å². The van der Waals surface area contributed by atoms with Gasteiger partial charge in [-0.3, -0.25) is 0 Å². The molecule has 0 amide bonds. The topological polar surface area (TPSA) is 15.3 Å². The molecule has 0 unspecified atom stereocenters. The molecule has 1 rings (SSSR count). The van der Waals surface area contributed by atoms with E-state index in [0.717, 1.165) is 37.2 Å². The Morgan fingerprint density at radius 3 is 2.20 bits per heavy atom. The molecule has 2 nitrogen and oxygen atoms in total. The van der Waals surface area contributed by atoms with Crippen LogP contribution in [0.1, 0.15) is 53.0 Å².